The molecule has 0 saturated carbocycles. The van der Waals surface area contributed by atoms with Crippen LogP contribution in [0.2, 0.25) is 5.02 Å². The molecule has 4 nitrogen and oxygen atoms in total. The molecule has 0 spiro atoms. The Hall–Kier alpha value is -1.75. The quantitative estimate of drug-likeness (QED) is 0.827. The average molecular weight is 376 g/mol. The van der Waals surface area contributed by atoms with Gasteiger partial charge in [0.25, 0.3) is 0 Å². The Morgan fingerprint density at radius 2 is 1.81 bits per heavy atom. The van der Waals surface area contributed by atoms with E-state index in [2.05, 4.69) is 4.90 Å². The number of ether oxygens (including phenoxy) is 1. The summed E-state index contributed by atoms with van der Waals surface area (Å²) in [5.74, 6) is 1.01. The minimum Gasteiger partial charge on any atom is -0.508 e. The van der Waals surface area contributed by atoms with Crippen molar-refractivity contribution in [2.24, 2.45) is 0 Å². The van der Waals surface area contributed by atoms with Crippen LogP contribution in [0.4, 0.5) is 0 Å². The molecule has 0 amide bonds. The highest BCUT2D eigenvalue weighted by Crippen LogP contribution is 2.28. The first-order chi connectivity index (χ1) is 12.3. The predicted molar refractivity (Wildman–Crippen MR) is 104 cm³/mol. The number of aryl methyl sites for hydroxylation is 2. The fourth-order valence-electron chi connectivity index (χ4n) is 3.53. The highest BCUT2D eigenvalue weighted by Gasteiger charge is 2.34. The highest BCUT2D eigenvalue weighted by atomic mass is 35.5. The van der Waals surface area contributed by atoms with E-state index in [0.717, 1.165) is 53.4 Å². The van der Waals surface area contributed by atoms with Gasteiger partial charge in [-0.25, -0.2) is 0 Å². The summed E-state index contributed by atoms with van der Waals surface area (Å²) in [7, 11) is 0. The van der Waals surface area contributed by atoms with Gasteiger partial charge in [0, 0.05) is 18.1 Å². The van der Waals surface area contributed by atoms with Crippen LogP contribution in [0, 0.1) is 13.8 Å². The van der Waals surface area contributed by atoms with Gasteiger partial charge in [0.05, 0.1) is 0 Å². The Morgan fingerprint density at radius 1 is 1.15 bits per heavy atom. The summed E-state index contributed by atoms with van der Waals surface area (Å²) >= 11 is 6.20. The number of β-amino-alcohol motifs (C(OH)–C–C–N with tert-alkyl or cyclic N) is 1. The first-order valence-corrected chi connectivity index (χ1v) is 9.35. The first kappa shape index (κ1) is 19.0. The number of aliphatic hydroxyl groups is 1. The van der Waals surface area contributed by atoms with Crippen molar-refractivity contribution in [3.05, 3.63) is 58.1 Å². The van der Waals surface area contributed by atoms with Gasteiger partial charge in [0.2, 0.25) is 0 Å². The average Bonchev–Trinajstić information content (AvgIpc) is 2.60. The predicted octanol–water partition coefficient (Wildman–Crippen LogP) is 4.07. The molecule has 1 aliphatic rings. The molecule has 0 aliphatic carbocycles. The zero-order valence-corrected chi connectivity index (χ0v) is 16.1. The summed E-state index contributed by atoms with van der Waals surface area (Å²) in [6.07, 6.45) is 1.65. The van der Waals surface area contributed by atoms with Crippen molar-refractivity contribution in [3.8, 4) is 11.5 Å². The van der Waals surface area contributed by atoms with Crippen LogP contribution < -0.4 is 4.74 Å². The maximum atomic E-state index is 11.0. The van der Waals surface area contributed by atoms with Gasteiger partial charge < -0.3 is 14.9 Å². The second-order valence-electron chi connectivity index (χ2n) is 7.36. The molecule has 26 heavy (non-hydrogen) atoms. The molecule has 2 aromatic rings. The molecule has 0 radical (unpaired) electrons. The summed E-state index contributed by atoms with van der Waals surface area (Å²) in [5, 5.41) is 21.1. The molecule has 1 aliphatic heterocycles. The van der Waals surface area contributed by atoms with Gasteiger partial charge in [-0.15, -0.1) is 0 Å². The fraction of sp³-hybridized carbons (Fsp3) is 0.429. The Kier molecular flexibility index (Phi) is 5.76. The SMILES string of the molecule is Cc1cc(OC[C@]2(O)CCCN(Cc3ccc(O)cc3)C2)cc(C)c1Cl. The van der Waals surface area contributed by atoms with Crippen molar-refractivity contribution in [2.75, 3.05) is 19.7 Å². The van der Waals surface area contributed by atoms with Crippen molar-refractivity contribution >= 4 is 11.6 Å². The van der Waals surface area contributed by atoms with E-state index in [1.807, 2.05) is 38.1 Å². The first-order valence-electron chi connectivity index (χ1n) is 8.97. The van der Waals surface area contributed by atoms with Crippen LogP contribution in [-0.4, -0.2) is 40.4 Å². The molecule has 0 unspecified atom stereocenters. The molecule has 1 fully saturated rings. The van der Waals surface area contributed by atoms with Gasteiger partial charge >= 0.3 is 0 Å². The minimum atomic E-state index is -0.864. The molecule has 1 saturated heterocycles. The third kappa shape index (κ3) is 4.70. The molecular formula is C21H26ClNO3. The number of likely N-dealkylation sites (tertiary alicyclic amines) is 1. The lowest BCUT2D eigenvalue weighted by Gasteiger charge is -2.39. The van der Waals surface area contributed by atoms with Crippen molar-refractivity contribution in [3.63, 3.8) is 0 Å². The lowest BCUT2D eigenvalue weighted by molar-refractivity contribution is -0.0621. The van der Waals surface area contributed by atoms with E-state index in [9.17, 15) is 10.2 Å². The number of hydrogen-bond donors (Lipinski definition) is 2. The molecule has 3 rings (SSSR count). The maximum Gasteiger partial charge on any atom is 0.120 e. The maximum absolute atomic E-state index is 11.0. The second kappa shape index (κ2) is 7.87. The second-order valence-corrected chi connectivity index (χ2v) is 7.74. The van der Waals surface area contributed by atoms with Crippen molar-refractivity contribution in [2.45, 2.75) is 38.8 Å². The Bertz CT molecular complexity index is 739. The molecule has 0 bridgehead atoms. The number of phenolic OH excluding ortho intramolecular Hbond substituents is 1. The molecule has 0 aromatic heterocycles. The zero-order valence-electron chi connectivity index (χ0n) is 15.3. The van der Waals surface area contributed by atoms with Gasteiger partial charge in [0.1, 0.15) is 23.7 Å². The lowest BCUT2D eigenvalue weighted by atomic mass is 9.93. The summed E-state index contributed by atoms with van der Waals surface area (Å²) in [6.45, 7) is 6.44. The summed E-state index contributed by atoms with van der Waals surface area (Å²) < 4.78 is 5.91. The monoisotopic (exact) mass is 375 g/mol. The van der Waals surface area contributed by atoms with Crippen LogP contribution in [0.1, 0.15) is 29.5 Å². The van der Waals surface area contributed by atoms with E-state index in [4.69, 9.17) is 16.3 Å². The van der Waals surface area contributed by atoms with E-state index in [-0.39, 0.29) is 12.4 Å². The number of rotatable bonds is 5. The molecule has 140 valence electrons. The highest BCUT2D eigenvalue weighted by molar-refractivity contribution is 6.32. The van der Waals surface area contributed by atoms with Gasteiger partial charge in [-0.3, -0.25) is 4.90 Å². The minimum absolute atomic E-state index is 0.263. The van der Waals surface area contributed by atoms with Gasteiger partial charge in [0.15, 0.2) is 0 Å². The number of phenols is 1. The van der Waals surface area contributed by atoms with E-state index in [1.165, 1.54) is 0 Å². The third-order valence-corrected chi connectivity index (χ3v) is 5.49. The zero-order chi connectivity index (χ0) is 18.7. The number of benzene rings is 2. The third-order valence-electron chi connectivity index (χ3n) is 4.89. The summed E-state index contributed by atoms with van der Waals surface area (Å²) in [5.41, 5.74) is 2.21. The van der Waals surface area contributed by atoms with Crippen LogP contribution in [-0.2, 0) is 6.54 Å². The number of piperidine rings is 1. The largest absolute Gasteiger partial charge is 0.508 e. The lowest BCUT2D eigenvalue weighted by Crippen LogP contribution is -2.51. The Morgan fingerprint density at radius 3 is 2.46 bits per heavy atom. The van der Waals surface area contributed by atoms with E-state index in [1.54, 1.807) is 12.1 Å². The van der Waals surface area contributed by atoms with E-state index < -0.39 is 5.60 Å². The number of halogens is 1. The Labute approximate surface area is 160 Å². The fourth-order valence-corrected chi connectivity index (χ4v) is 3.63. The Balaban J connectivity index is 1.61. The summed E-state index contributed by atoms with van der Waals surface area (Å²) in [6, 6.07) is 11.0. The number of hydrogen-bond acceptors (Lipinski definition) is 4. The van der Waals surface area contributed by atoms with Crippen molar-refractivity contribution < 1.29 is 14.9 Å². The van der Waals surface area contributed by atoms with Crippen molar-refractivity contribution in [1.29, 1.82) is 0 Å². The molecular weight excluding hydrogens is 350 g/mol. The van der Waals surface area contributed by atoms with E-state index >= 15 is 0 Å². The van der Waals surface area contributed by atoms with Crippen LogP contribution >= 0.6 is 11.6 Å². The van der Waals surface area contributed by atoms with Crippen LogP contribution in [0.15, 0.2) is 36.4 Å². The standard InChI is InChI=1S/C21H26ClNO3/c1-15-10-19(11-16(2)20(15)22)26-14-21(25)8-3-9-23(13-21)12-17-4-6-18(24)7-5-17/h4-7,10-11,24-25H,3,8-9,12-14H2,1-2H3/t21-/m0/s1. The number of aromatic hydroxyl groups is 1. The van der Waals surface area contributed by atoms with Crippen molar-refractivity contribution in [1.82, 2.24) is 4.90 Å². The smallest absolute Gasteiger partial charge is 0.120 e. The normalized spacial score (nSPS) is 20.9. The molecule has 1 atom stereocenters. The molecule has 2 aromatic carbocycles. The molecule has 1 heterocycles. The topological polar surface area (TPSA) is 52.9 Å². The van der Waals surface area contributed by atoms with Gasteiger partial charge in [-0.05, 0) is 74.2 Å². The van der Waals surface area contributed by atoms with Crippen LogP contribution in [0.5, 0.6) is 11.5 Å². The van der Waals surface area contributed by atoms with Gasteiger partial charge in [-0.1, -0.05) is 23.7 Å². The van der Waals surface area contributed by atoms with E-state index in [0.29, 0.717) is 6.54 Å². The molecule has 5 heteroatoms. The number of nitrogens with zero attached hydrogens (tertiary/aromatic N) is 1. The van der Waals surface area contributed by atoms with Gasteiger partial charge in [-0.2, -0.15) is 0 Å². The van der Waals surface area contributed by atoms with Crippen LogP contribution in [0.3, 0.4) is 0 Å². The summed E-state index contributed by atoms with van der Waals surface area (Å²) in [4.78, 5) is 2.23. The molecule has 2 N–H and O–H groups in total. The van der Waals surface area contributed by atoms with Crippen LogP contribution in [0.25, 0.3) is 0 Å².